The van der Waals surface area contributed by atoms with Crippen molar-refractivity contribution < 1.29 is 4.74 Å². The second-order valence-corrected chi connectivity index (χ2v) is 9.47. The smallest absolute Gasteiger partial charge is 0.259 e. The van der Waals surface area contributed by atoms with E-state index in [1.54, 1.807) is 6.20 Å². The summed E-state index contributed by atoms with van der Waals surface area (Å²) < 4.78 is 8.10. The number of pyridine rings is 2. The zero-order valence-corrected chi connectivity index (χ0v) is 20.3. The molecule has 5 rings (SSSR count). The molecule has 4 heterocycles. The highest BCUT2D eigenvalue weighted by molar-refractivity contribution is 5.95. The Kier molecular flexibility index (Phi) is 6.81. The number of anilines is 2. The fourth-order valence-electron chi connectivity index (χ4n) is 4.42. The van der Waals surface area contributed by atoms with E-state index in [0.29, 0.717) is 29.8 Å². The van der Waals surface area contributed by atoms with E-state index in [4.69, 9.17) is 9.72 Å². The lowest BCUT2D eigenvalue weighted by Gasteiger charge is -2.22. The van der Waals surface area contributed by atoms with Crippen molar-refractivity contribution in [1.82, 2.24) is 25.1 Å². The molecule has 1 fully saturated rings. The minimum absolute atomic E-state index is 0.187. The number of hydrogen-bond donors (Lipinski definition) is 3. The third-order valence-corrected chi connectivity index (χ3v) is 6.43. The number of aromatic nitrogens is 4. The third kappa shape index (κ3) is 5.22. The van der Waals surface area contributed by atoms with Gasteiger partial charge in [0.1, 0.15) is 11.6 Å². The molecule has 1 aliphatic rings. The summed E-state index contributed by atoms with van der Waals surface area (Å²) >= 11 is 0. The molecule has 1 aromatic carbocycles. The summed E-state index contributed by atoms with van der Waals surface area (Å²) in [5.74, 6) is 1.79. The molecule has 0 amide bonds. The molecule has 8 nitrogen and oxygen atoms in total. The SMILES string of the molecule is CC(C)CCOc1ccccc1Nc1nc(-c2cnn(C3CCNCC3)c2)cc2cc[nH]c(=O)c12. The van der Waals surface area contributed by atoms with Crippen molar-refractivity contribution >= 4 is 22.3 Å². The number of benzene rings is 1. The van der Waals surface area contributed by atoms with Crippen LogP contribution in [0.1, 0.15) is 39.2 Å². The van der Waals surface area contributed by atoms with E-state index >= 15 is 0 Å². The number of nitrogens with zero attached hydrogens (tertiary/aromatic N) is 3. The molecule has 4 aromatic rings. The Morgan fingerprint density at radius 1 is 1.20 bits per heavy atom. The van der Waals surface area contributed by atoms with Crippen molar-refractivity contribution in [3.8, 4) is 17.0 Å². The molecule has 8 heteroatoms. The first-order valence-corrected chi connectivity index (χ1v) is 12.3. The highest BCUT2D eigenvalue weighted by Crippen LogP contribution is 2.32. The van der Waals surface area contributed by atoms with Crippen LogP contribution in [0.3, 0.4) is 0 Å². The monoisotopic (exact) mass is 472 g/mol. The Balaban J connectivity index is 1.51. The molecule has 0 spiro atoms. The maximum atomic E-state index is 12.8. The number of para-hydroxylation sites is 2. The van der Waals surface area contributed by atoms with Crippen LogP contribution in [-0.2, 0) is 0 Å². The van der Waals surface area contributed by atoms with Gasteiger partial charge in [0.05, 0.1) is 35.6 Å². The van der Waals surface area contributed by atoms with Gasteiger partial charge in [-0.1, -0.05) is 26.0 Å². The zero-order valence-electron chi connectivity index (χ0n) is 20.3. The van der Waals surface area contributed by atoms with Crippen molar-refractivity contribution in [3.05, 3.63) is 65.3 Å². The molecule has 3 aromatic heterocycles. The van der Waals surface area contributed by atoms with Crippen LogP contribution < -0.4 is 20.9 Å². The van der Waals surface area contributed by atoms with Gasteiger partial charge in [-0.15, -0.1) is 0 Å². The molecule has 0 atom stereocenters. The summed E-state index contributed by atoms with van der Waals surface area (Å²) in [6.07, 6.45) is 8.66. The average Bonchev–Trinajstić information content (AvgIpc) is 3.36. The number of piperidine rings is 1. The molecule has 0 bridgehead atoms. The van der Waals surface area contributed by atoms with Gasteiger partial charge < -0.3 is 20.4 Å². The summed E-state index contributed by atoms with van der Waals surface area (Å²) in [5, 5.41) is 12.7. The van der Waals surface area contributed by atoms with Gasteiger partial charge in [-0.3, -0.25) is 9.48 Å². The lowest BCUT2D eigenvalue weighted by Crippen LogP contribution is -2.29. The van der Waals surface area contributed by atoms with Crippen molar-refractivity contribution in [2.24, 2.45) is 5.92 Å². The molecule has 1 aliphatic heterocycles. The molecular weight excluding hydrogens is 440 g/mol. The van der Waals surface area contributed by atoms with E-state index in [2.05, 4.69) is 40.8 Å². The topological polar surface area (TPSA) is 96.9 Å². The van der Waals surface area contributed by atoms with E-state index in [-0.39, 0.29) is 5.56 Å². The average molecular weight is 473 g/mol. The minimum atomic E-state index is -0.187. The van der Waals surface area contributed by atoms with Crippen LogP contribution >= 0.6 is 0 Å². The van der Waals surface area contributed by atoms with Gasteiger partial charge >= 0.3 is 0 Å². The highest BCUT2D eigenvalue weighted by atomic mass is 16.5. The maximum absolute atomic E-state index is 12.8. The van der Waals surface area contributed by atoms with E-state index in [9.17, 15) is 4.79 Å². The van der Waals surface area contributed by atoms with Crippen molar-refractivity contribution in [1.29, 1.82) is 0 Å². The molecule has 0 saturated carbocycles. The number of nitrogens with one attached hydrogen (secondary N) is 3. The normalized spacial score (nSPS) is 14.5. The molecule has 0 aliphatic carbocycles. The van der Waals surface area contributed by atoms with E-state index < -0.39 is 0 Å². The number of hydrogen-bond acceptors (Lipinski definition) is 6. The zero-order chi connectivity index (χ0) is 24.2. The standard InChI is InChI=1S/C27H32N6O2/c1-18(2)10-14-35-24-6-4-3-5-22(24)31-26-25-19(7-13-29-27(25)34)15-23(32-26)20-16-30-33(17-20)21-8-11-28-12-9-21/h3-7,13,15-18,21,28H,8-12,14H2,1-2H3,(H,29,34)(H,31,32). The summed E-state index contributed by atoms with van der Waals surface area (Å²) in [6.45, 7) is 6.98. The molecule has 0 radical (unpaired) electrons. The fourth-order valence-corrected chi connectivity index (χ4v) is 4.42. The summed E-state index contributed by atoms with van der Waals surface area (Å²) in [6, 6.07) is 12.0. The number of ether oxygens (including phenoxy) is 1. The van der Waals surface area contributed by atoms with Crippen molar-refractivity contribution in [2.45, 2.75) is 39.2 Å². The molecule has 3 N–H and O–H groups in total. The number of aromatic amines is 1. The third-order valence-electron chi connectivity index (χ3n) is 6.43. The van der Waals surface area contributed by atoms with Gasteiger partial charge in [0.25, 0.3) is 5.56 Å². The lowest BCUT2D eigenvalue weighted by molar-refractivity contribution is 0.291. The van der Waals surface area contributed by atoms with E-state index in [0.717, 1.165) is 60.4 Å². The van der Waals surface area contributed by atoms with Crippen LogP contribution in [0, 0.1) is 5.92 Å². The van der Waals surface area contributed by atoms with Crippen molar-refractivity contribution in [2.75, 3.05) is 25.0 Å². The summed E-state index contributed by atoms with van der Waals surface area (Å²) in [7, 11) is 0. The van der Waals surface area contributed by atoms with Crippen molar-refractivity contribution in [3.63, 3.8) is 0 Å². The van der Waals surface area contributed by atoms with Gasteiger partial charge in [-0.2, -0.15) is 5.10 Å². The van der Waals surface area contributed by atoms with Gasteiger partial charge in [-0.05, 0) is 67.9 Å². The van der Waals surface area contributed by atoms with E-state index in [1.807, 2.05) is 47.3 Å². The van der Waals surface area contributed by atoms with Crippen LogP contribution in [0.25, 0.3) is 22.0 Å². The molecule has 35 heavy (non-hydrogen) atoms. The number of fused-ring (bicyclic) bond motifs is 1. The highest BCUT2D eigenvalue weighted by Gasteiger charge is 2.18. The fraction of sp³-hybridized carbons (Fsp3) is 0.370. The predicted molar refractivity (Wildman–Crippen MR) is 139 cm³/mol. The molecule has 0 unspecified atom stereocenters. The van der Waals surface area contributed by atoms with Crippen LogP contribution in [0.5, 0.6) is 5.75 Å². The predicted octanol–water partition coefficient (Wildman–Crippen LogP) is 4.88. The summed E-state index contributed by atoms with van der Waals surface area (Å²) in [4.78, 5) is 20.5. The lowest BCUT2D eigenvalue weighted by atomic mass is 10.1. The minimum Gasteiger partial charge on any atom is -0.491 e. The largest absolute Gasteiger partial charge is 0.491 e. The van der Waals surface area contributed by atoms with Crippen LogP contribution in [0.2, 0.25) is 0 Å². The molecule has 182 valence electrons. The van der Waals surface area contributed by atoms with Gasteiger partial charge in [-0.25, -0.2) is 4.98 Å². The Morgan fingerprint density at radius 3 is 2.86 bits per heavy atom. The Bertz CT molecular complexity index is 1350. The Morgan fingerprint density at radius 2 is 2.03 bits per heavy atom. The molecule has 1 saturated heterocycles. The first-order chi connectivity index (χ1) is 17.1. The second-order valence-electron chi connectivity index (χ2n) is 9.47. The summed E-state index contributed by atoms with van der Waals surface area (Å²) in [5.41, 5.74) is 2.28. The molecular formula is C27H32N6O2. The van der Waals surface area contributed by atoms with Gasteiger partial charge in [0.15, 0.2) is 0 Å². The number of rotatable bonds is 8. The van der Waals surface area contributed by atoms with Crippen LogP contribution in [0.15, 0.2) is 59.8 Å². The van der Waals surface area contributed by atoms with Crippen LogP contribution in [0.4, 0.5) is 11.5 Å². The second kappa shape index (κ2) is 10.3. The first kappa shape index (κ1) is 23.1. The van der Waals surface area contributed by atoms with Crippen LogP contribution in [-0.4, -0.2) is 39.4 Å². The maximum Gasteiger partial charge on any atom is 0.259 e. The quantitative estimate of drug-likeness (QED) is 0.338. The van der Waals surface area contributed by atoms with E-state index in [1.165, 1.54) is 0 Å². The Hall–Kier alpha value is -3.65. The first-order valence-electron chi connectivity index (χ1n) is 12.3. The van der Waals surface area contributed by atoms with Gasteiger partial charge in [0.2, 0.25) is 0 Å². The van der Waals surface area contributed by atoms with Gasteiger partial charge in [0, 0.05) is 18.0 Å². The Labute approximate surface area is 204 Å². The number of H-pyrrole nitrogens is 1.